The molecule has 25 heavy (non-hydrogen) atoms. The molecule has 0 atom stereocenters. The van der Waals surface area contributed by atoms with Crippen molar-refractivity contribution in [1.82, 2.24) is 9.80 Å². The lowest BCUT2D eigenvalue weighted by molar-refractivity contribution is -0.122. The summed E-state index contributed by atoms with van der Waals surface area (Å²) >= 11 is 6.76. The maximum absolute atomic E-state index is 12.5. The molecule has 2 saturated heterocycles. The molecule has 1 aromatic carbocycles. The second-order valence-electron chi connectivity index (χ2n) is 6.02. The summed E-state index contributed by atoms with van der Waals surface area (Å²) in [6.45, 7) is 4.98. The molecule has 0 radical (unpaired) electrons. The second kappa shape index (κ2) is 8.69. The summed E-state index contributed by atoms with van der Waals surface area (Å²) in [4.78, 5) is 19.6. The smallest absolute Gasteiger partial charge is 0.267 e. The van der Waals surface area contributed by atoms with E-state index in [-0.39, 0.29) is 5.91 Å². The van der Waals surface area contributed by atoms with Crippen LogP contribution in [-0.4, -0.2) is 66.5 Å². The first-order valence-corrected chi connectivity index (χ1v) is 9.70. The Morgan fingerprint density at radius 1 is 1.20 bits per heavy atom. The SMILES string of the molecule is COCCCN1C(=O)/C(=C\N2CCN(c3ccccc3)CC2)SC1=S. The lowest BCUT2D eigenvalue weighted by Gasteiger charge is -2.35. The van der Waals surface area contributed by atoms with Crippen LogP contribution in [0.15, 0.2) is 41.4 Å². The number of rotatable bonds is 6. The van der Waals surface area contributed by atoms with E-state index in [4.69, 9.17) is 17.0 Å². The number of para-hydroxylation sites is 1. The third kappa shape index (κ3) is 4.54. The Kier molecular flexibility index (Phi) is 6.34. The van der Waals surface area contributed by atoms with Gasteiger partial charge in [0.15, 0.2) is 0 Å². The van der Waals surface area contributed by atoms with Gasteiger partial charge in [-0.1, -0.05) is 42.2 Å². The van der Waals surface area contributed by atoms with Crippen molar-refractivity contribution in [3.05, 3.63) is 41.4 Å². The molecular weight excluding hydrogens is 354 g/mol. The fourth-order valence-electron chi connectivity index (χ4n) is 2.96. The molecule has 0 spiro atoms. The predicted molar refractivity (Wildman–Crippen MR) is 107 cm³/mol. The van der Waals surface area contributed by atoms with Gasteiger partial charge in [-0.25, -0.2) is 0 Å². The van der Waals surface area contributed by atoms with Gasteiger partial charge in [0.2, 0.25) is 0 Å². The van der Waals surface area contributed by atoms with Gasteiger partial charge < -0.3 is 14.5 Å². The van der Waals surface area contributed by atoms with Gasteiger partial charge in [0, 0.05) is 58.3 Å². The highest BCUT2D eigenvalue weighted by atomic mass is 32.2. The minimum absolute atomic E-state index is 0.0246. The number of amides is 1. The summed E-state index contributed by atoms with van der Waals surface area (Å²) in [6, 6.07) is 10.4. The van der Waals surface area contributed by atoms with Gasteiger partial charge in [-0.05, 0) is 18.6 Å². The number of methoxy groups -OCH3 is 1. The van der Waals surface area contributed by atoms with E-state index >= 15 is 0 Å². The quantitative estimate of drug-likeness (QED) is 0.431. The van der Waals surface area contributed by atoms with Crippen molar-refractivity contribution in [3.8, 4) is 0 Å². The van der Waals surface area contributed by atoms with Crippen LogP contribution in [-0.2, 0) is 9.53 Å². The van der Waals surface area contributed by atoms with Crippen molar-refractivity contribution in [2.75, 3.05) is 51.3 Å². The number of piperazine rings is 1. The molecule has 3 rings (SSSR count). The predicted octanol–water partition coefficient (Wildman–Crippen LogP) is 2.55. The van der Waals surface area contributed by atoms with E-state index in [1.165, 1.54) is 17.4 Å². The zero-order valence-electron chi connectivity index (χ0n) is 14.4. The summed E-state index contributed by atoms with van der Waals surface area (Å²) in [5.41, 5.74) is 1.26. The van der Waals surface area contributed by atoms with E-state index in [2.05, 4.69) is 34.1 Å². The molecule has 2 fully saturated rings. The third-order valence-corrected chi connectivity index (χ3v) is 5.70. The number of anilines is 1. The first-order valence-electron chi connectivity index (χ1n) is 8.47. The summed E-state index contributed by atoms with van der Waals surface area (Å²) in [5, 5.41) is 0. The molecule has 0 unspecified atom stereocenters. The standard InChI is InChI=1S/C18H23N3O2S2/c1-23-13-5-8-21-17(22)16(25-18(21)24)14-19-9-11-20(12-10-19)15-6-3-2-4-7-15/h2-4,6-7,14H,5,8-13H2,1H3/b16-14+. The number of benzene rings is 1. The van der Waals surface area contributed by atoms with Crippen LogP contribution >= 0.6 is 24.0 Å². The molecule has 1 amide bonds. The molecule has 2 aliphatic heterocycles. The van der Waals surface area contributed by atoms with Gasteiger partial charge >= 0.3 is 0 Å². The van der Waals surface area contributed by atoms with Crippen molar-refractivity contribution >= 4 is 39.9 Å². The van der Waals surface area contributed by atoms with E-state index < -0.39 is 0 Å². The van der Waals surface area contributed by atoms with Crippen LogP contribution in [0.5, 0.6) is 0 Å². The average Bonchev–Trinajstić information content (AvgIpc) is 2.90. The summed E-state index contributed by atoms with van der Waals surface area (Å²) < 4.78 is 5.70. The highest BCUT2D eigenvalue weighted by Gasteiger charge is 2.32. The molecule has 2 heterocycles. The first kappa shape index (κ1) is 18.2. The minimum atomic E-state index is 0.0246. The fourth-order valence-corrected chi connectivity index (χ4v) is 4.28. The number of thioether (sulfide) groups is 1. The van der Waals surface area contributed by atoms with Gasteiger partial charge in [-0.3, -0.25) is 9.69 Å². The average molecular weight is 378 g/mol. The zero-order chi connectivity index (χ0) is 17.6. The van der Waals surface area contributed by atoms with E-state index in [1.807, 2.05) is 12.3 Å². The summed E-state index contributed by atoms with van der Waals surface area (Å²) in [5.74, 6) is 0.0246. The molecule has 0 saturated carbocycles. The Bertz CT molecular complexity index is 643. The molecule has 0 bridgehead atoms. The Balaban J connectivity index is 1.55. The normalized spacial score (nSPS) is 20.0. The topological polar surface area (TPSA) is 36.0 Å². The van der Waals surface area contributed by atoms with Crippen molar-refractivity contribution in [2.45, 2.75) is 6.42 Å². The summed E-state index contributed by atoms with van der Waals surface area (Å²) in [6.07, 6.45) is 2.78. The van der Waals surface area contributed by atoms with Crippen molar-refractivity contribution in [2.24, 2.45) is 0 Å². The molecule has 0 aromatic heterocycles. The molecule has 5 nitrogen and oxygen atoms in total. The molecule has 7 heteroatoms. The molecule has 134 valence electrons. The van der Waals surface area contributed by atoms with E-state index in [9.17, 15) is 4.79 Å². The van der Waals surface area contributed by atoms with E-state index in [0.717, 1.165) is 37.5 Å². The van der Waals surface area contributed by atoms with Crippen molar-refractivity contribution in [1.29, 1.82) is 0 Å². The first-order chi connectivity index (χ1) is 12.2. The van der Waals surface area contributed by atoms with Gasteiger partial charge in [0.1, 0.15) is 4.32 Å². The number of thiocarbonyl (C=S) groups is 1. The zero-order valence-corrected chi connectivity index (χ0v) is 16.0. The lowest BCUT2D eigenvalue weighted by atomic mass is 10.2. The van der Waals surface area contributed by atoms with Crippen molar-refractivity contribution < 1.29 is 9.53 Å². The number of hydrogen-bond donors (Lipinski definition) is 0. The van der Waals surface area contributed by atoms with Gasteiger partial charge in [0.25, 0.3) is 5.91 Å². The molecule has 2 aliphatic rings. The van der Waals surface area contributed by atoms with Crippen LogP contribution in [0, 0.1) is 0 Å². The Labute approximate surface area is 158 Å². The maximum atomic E-state index is 12.5. The third-order valence-electron chi connectivity index (χ3n) is 4.34. The highest BCUT2D eigenvalue weighted by Crippen LogP contribution is 2.31. The van der Waals surface area contributed by atoms with Crippen molar-refractivity contribution in [3.63, 3.8) is 0 Å². The van der Waals surface area contributed by atoms with E-state index in [0.29, 0.717) is 17.5 Å². The largest absolute Gasteiger partial charge is 0.385 e. The number of carbonyl (C=O) groups is 1. The minimum Gasteiger partial charge on any atom is -0.385 e. The van der Waals surface area contributed by atoms with Gasteiger partial charge in [0.05, 0.1) is 4.91 Å². The Hall–Kier alpha value is -1.57. The van der Waals surface area contributed by atoms with Crippen LogP contribution in [0.1, 0.15) is 6.42 Å². The van der Waals surface area contributed by atoms with Crippen LogP contribution in [0.2, 0.25) is 0 Å². The monoisotopic (exact) mass is 377 g/mol. The highest BCUT2D eigenvalue weighted by molar-refractivity contribution is 8.26. The van der Waals surface area contributed by atoms with Crippen LogP contribution in [0.4, 0.5) is 5.69 Å². The summed E-state index contributed by atoms with van der Waals surface area (Å²) in [7, 11) is 1.67. The lowest BCUT2D eigenvalue weighted by Crippen LogP contribution is -2.44. The van der Waals surface area contributed by atoms with Gasteiger partial charge in [-0.2, -0.15) is 0 Å². The number of hydrogen-bond acceptors (Lipinski definition) is 6. The fraction of sp³-hybridized carbons (Fsp3) is 0.444. The van der Waals surface area contributed by atoms with Crippen LogP contribution < -0.4 is 4.90 Å². The van der Waals surface area contributed by atoms with Crippen LogP contribution in [0.3, 0.4) is 0 Å². The van der Waals surface area contributed by atoms with Gasteiger partial charge in [-0.15, -0.1) is 0 Å². The maximum Gasteiger partial charge on any atom is 0.267 e. The molecule has 1 aromatic rings. The molecule has 0 N–H and O–H groups in total. The Morgan fingerprint density at radius 3 is 2.60 bits per heavy atom. The molecular formula is C18H23N3O2S2. The Morgan fingerprint density at radius 2 is 1.92 bits per heavy atom. The number of nitrogens with zero attached hydrogens (tertiary/aromatic N) is 3. The van der Waals surface area contributed by atoms with E-state index in [1.54, 1.807) is 12.0 Å². The second-order valence-corrected chi connectivity index (χ2v) is 7.70. The number of ether oxygens (including phenoxy) is 1. The van der Waals surface area contributed by atoms with Crippen LogP contribution in [0.25, 0.3) is 0 Å². The number of carbonyl (C=O) groups excluding carboxylic acids is 1. The molecule has 0 aliphatic carbocycles.